The van der Waals surface area contributed by atoms with Gasteiger partial charge in [-0.05, 0) is 49.9 Å². The van der Waals surface area contributed by atoms with Crippen molar-refractivity contribution in [2.24, 2.45) is 0 Å². The standard InChI is InChI=1S/C12H10BrN5S2/c13-11-4-3-9(20-11)7-6-8(10-2-1-5-19-10)18-12(14-7)15-16-17-18/h1-5,7-8H,6H2,(H,14,15,17)/t7-,8-/m0/s1. The summed E-state index contributed by atoms with van der Waals surface area (Å²) in [6.45, 7) is 0. The van der Waals surface area contributed by atoms with Crippen molar-refractivity contribution in [3.63, 3.8) is 0 Å². The molecule has 0 radical (unpaired) electrons. The molecule has 1 aliphatic heterocycles. The lowest BCUT2D eigenvalue weighted by Gasteiger charge is -2.29. The van der Waals surface area contributed by atoms with Gasteiger partial charge in [0.25, 0.3) is 0 Å². The van der Waals surface area contributed by atoms with Crippen LogP contribution in [-0.2, 0) is 0 Å². The molecule has 20 heavy (non-hydrogen) atoms. The van der Waals surface area contributed by atoms with E-state index < -0.39 is 0 Å². The third kappa shape index (κ3) is 2.07. The SMILES string of the molecule is Brc1ccc([C@@H]2C[C@@H](c3cccs3)n3nnnc3N2)s1. The van der Waals surface area contributed by atoms with E-state index in [0.29, 0.717) is 0 Å². The predicted octanol–water partition coefficient (Wildman–Crippen LogP) is 3.70. The summed E-state index contributed by atoms with van der Waals surface area (Å²) in [7, 11) is 0. The second-order valence-electron chi connectivity index (χ2n) is 4.55. The fraction of sp³-hybridized carbons (Fsp3) is 0.250. The largest absolute Gasteiger partial charge is 0.345 e. The van der Waals surface area contributed by atoms with Crippen LogP contribution in [0, 0.1) is 0 Å². The average molecular weight is 368 g/mol. The van der Waals surface area contributed by atoms with Gasteiger partial charge in [0.1, 0.15) is 0 Å². The van der Waals surface area contributed by atoms with Gasteiger partial charge in [0.05, 0.1) is 15.9 Å². The number of anilines is 1. The second-order valence-corrected chi connectivity index (χ2v) is 8.03. The Hall–Kier alpha value is -1.25. The Kier molecular flexibility index (Phi) is 3.08. The van der Waals surface area contributed by atoms with E-state index in [1.807, 2.05) is 4.68 Å². The van der Waals surface area contributed by atoms with Crippen molar-refractivity contribution in [2.45, 2.75) is 18.5 Å². The molecule has 3 aromatic heterocycles. The molecule has 2 atom stereocenters. The molecule has 0 saturated heterocycles. The van der Waals surface area contributed by atoms with Gasteiger partial charge in [0.15, 0.2) is 0 Å². The molecule has 0 unspecified atom stereocenters. The van der Waals surface area contributed by atoms with Crippen LogP contribution >= 0.6 is 38.6 Å². The monoisotopic (exact) mass is 367 g/mol. The average Bonchev–Trinajstić information content (AvgIpc) is 3.18. The molecule has 4 rings (SSSR count). The first-order chi connectivity index (χ1) is 9.81. The number of thiophene rings is 2. The molecule has 5 nitrogen and oxygen atoms in total. The van der Waals surface area contributed by atoms with Crippen molar-refractivity contribution in [3.05, 3.63) is 43.2 Å². The highest BCUT2D eigenvalue weighted by Gasteiger charge is 2.31. The van der Waals surface area contributed by atoms with E-state index in [2.05, 4.69) is 66.4 Å². The van der Waals surface area contributed by atoms with Crippen molar-refractivity contribution >= 4 is 44.6 Å². The summed E-state index contributed by atoms with van der Waals surface area (Å²) in [6.07, 6.45) is 0.950. The van der Waals surface area contributed by atoms with Crippen LogP contribution in [-0.4, -0.2) is 20.2 Å². The molecular weight excluding hydrogens is 358 g/mol. The molecule has 1 N–H and O–H groups in total. The summed E-state index contributed by atoms with van der Waals surface area (Å²) >= 11 is 7.02. The minimum absolute atomic E-state index is 0.201. The first-order valence-corrected chi connectivity index (χ1v) is 8.63. The van der Waals surface area contributed by atoms with Gasteiger partial charge in [0, 0.05) is 16.2 Å². The molecule has 102 valence electrons. The smallest absolute Gasteiger partial charge is 0.244 e. The number of tetrazole rings is 1. The second kappa shape index (κ2) is 4.94. The number of halogens is 1. The third-order valence-corrected chi connectivity index (χ3v) is 6.07. The van der Waals surface area contributed by atoms with Gasteiger partial charge in [-0.1, -0.05) is 11.2 Å². The Bertz CT molecular complexity index is 720. The summed E-state index contributed by atoms with van der Waals surface area (Å²) in [5.41, 5.74) is 0. The topological polar surface area (TPSA) is 55.6 Å². The number of nitrogens with zero attached hydrogens (tertiary/aromatic N) is 4. The maximum Gasteiger partial charge on any atom is 0.244 e. The summed E-state index contributed by atoms with van der Waals surface area (Å²) in [5.74, 6) is 0.740. The highest BCUT2D eigenvalue weighted by molar-refractivity contribution is 9.11. The first-order valence-electron chi connectivity index (χ1n) is 6.14. The van der Waals surface area contributed by atoms with Gasteiger partial charge in [-0.25, -0.2) is 4.68 Å². The number of nitrogens with one attached hydrogen (secondary N) is 1. The fourth-order valence-electron chi connectivity index (χ4n) is 2.46. The summed E-state index contributed by atoms with van der Waals surface area (Å²) in [5, 5.41) is 17.5. The summed E-state index contributed by atoms with van der Waals surface area (Å²) in [4.78, 5) is 2.59. The van der Waals surface area contributed by atoms with Gasteiger partial charge in [-0.15, -0.1) is 22.7 Å². The predicted molar refractivity (Wildman–Crippen MR) is 83.3 cm³/mol. The normalized spacial score (nSPS) is 21.4. The Morgan fingerprint density at radius 2 is 2.25 bits per heavy atom. The van der Waals surface area contributed by atoms with Crippen LogP contribution < -0.4 is 5.32 Å². The quantitative estimate of drug-likeness (QED) is 0.749. The molecule has 4 heterocycles. The summed E-state index contributed by atoms with van der Waals surface area (Å²) in [6, 6.07) is 8.90. The van der Waals surface area contributed by atoms with Gasteiger partial charge < -0.3 is 5.32 Å². The maximum absolute atomic E-state index is 4.12. The van der Waals surface area contributed by atoms with Crippen LogP contribution in [0.5, 0.6) is 0 Å². The van der Waals surface area contributed by atoms with Crippen LogP contribution in [0.4, 0.5) is 5.95 Å². The van der Waals surface area contributed by atoms with Crippen molar-refractivity contribution in [1.82, 2.24) is 20.2 Å². The summed E-state index contributed by atoms with van der Waals surface area (Å²) < 4.78 is 3.03. The van der Waals surface area contributed by atoms with E-state index in [0.717, 1.165) is 16.2 Å². The van der Waals surface area contributed by atoms with E-state index >= 15 is 0 Å². The zero-order valence-electron chi connectivity index (χ0n) is 10.2. The van der Waals surface area contributed by atoms with Gasteiger partial charge in [0.2, 0.25) is 5.95 Å². The Morgan fingerprint density at radius 3 is 3.00 bits per heavy atom. The highest BCUT2D eigenvalue weighted by atomic mass is 79.9. The molecule has 0 aliphatic carbocycles. The first kappa shape index (κ1) is 12.5. The highest BCUT2D eigenvalue weighted by Crippen LogP contribution is 2.40. The van der Waals surface area contributed by atoms with E-state index in [1.54, 1.807) is 22.7 Å². The molecule has 0 aromatic carbocycles. The van der Waals surface area contributed by atoms with Gasteiger partial charge in [-0.3, -0.25) is 0 Å². The van der Waals surface area contributed by atoms with Crippen LogP contribution in [0.2, 0.25) is 0 Å². The molecule has 0 amide bonds. The van der Waals surface area contributed by atoms with Crippen LogP contribution in [0.3, 0.4) is 0 Å². The minimum atomic E-state index is 0.201. The van der Waals surface area contributed by atoms with E-state index in [1.165, 1.54) is 9.75 Å². The molecule has 0 fully saturated rings. The zero-order chi connectivity index (χ0) is 13.5. The molecule has 0 spiro atoms. The maximum atomic E-state index is 4.12. The van der Waals surface area contributed by atoms with Gasteiger partial charge >= 0.3 is 0 Å². The minimum Gasteiger partial charge on any atom is -0.345 e. The Labute approximate surface area is 131 Å². The number of aromatic nitrogens is 4. The molecule has 1 aliphatic rings. The number of hydrogen-bond acceptors (Lipinski definition) is 6. The van der Waals surface area contributed by atoms with E-state index in [9.17, 15) is 0 Å². The lowest BCUT2D eigenvalue weighted by molar-refractivity contribution is 0.431. The number of hydrogen-bond donors (Lipinski definition) is 1. The third-order valence-electron chi connectivity index (χ3n) is 3.36. The van der Waals surface area contributed by atoms with Crippen molar-refractivity contribution in [1.29, 1.82) is 0 Å². The Morgan fingerprint density at radius 1 is 1.30 bits per heavy atom. The van der Waals surface area contributed by atoms with E-state index in [4.69, 9.17) is 0 Å². The molecule has 0 bridgehead atoms. The van der Waals surface area contributed by atoms with Crippen molar-refractivity contribution in [3.8, 4) is 0 Å². The van der Waals surface area contributed by atoms with Crippen molar-refractivity contribution in [2.75, 3.05) is 5.32 Å². The molecular formula is C12H10BrN5S2. The zero-order valence-corrected chi connectivity index (χ0v) is 13.5. The lowest BCUT2D eigenvalue weighted by atomic mass is 10.0. The van der Waals surface area contributed by atoms with E-state index in [-0.39, 0.29) is 12.1 Å². The molecule has 3 aromatic rings. The van der Waals surface area contributed by atoms with Crippen LogP contribution in [0.1, 0.15) is 28.3 Å². The van der Waals surface area contributed by atoms with Crippen LogP contribution in [0.25, 0.3) is 0 Å². The Balaban J connectivity index is 1.74. The molecule has 0 saturated carbocycles. The number of fused-ring (bicyclic) bond motifs is 1. The lowest BCUT2D eigenvalue weighted by Crippen LogP contribution is -2.27. The fourth-order valence-corrected chi connectivity index (χ4v) is 4.77. The number of rotatable bonds is 2. The molecule has 8 heteroatoms. The van der Waals surface area contributed by atoms with Gasteiger partial charge in [-0.2, -0.15) is 0 Å². The van der Waals surface area contributed by atoms with Crippen LogP contribution in [0.15, 0.2) is 33.4 Å². The van der Waals surface area contributed by atoms with Crippen molar-refractivity contribution < 1.29 is 0 Å².